The molecule has 182 valence electrons. The van der Waals surface area contributed by atoms with Gasteiger partial charge in [-0.2, -0.15) is 5.26 Å². The van der Waals surface area contributed by atoms with E-state index in [2.05, 4.69) is 44.3 Å². The van der Waals surface area contributed by atoms with Gasteiger partial charge in [0.05, 0.1) is 28.2 Å². The van der Waals surface area contributed by atoms with Gasteiger partial charge in [0.1, 0.15) is 18.7 Å². The minimum atomic E-state index is -0.675. The highest BCUT2D eigenvalue weighted by Gasteiger charge is 2.40. The fourth-order valence-corrected chi connectivity index (χ4v) is 5.66. The van der Waals surface area contributed by atoms with Crippen molar-refractivity contribution in [1.29, 1.82) is 5.26 Å². The van der Waals surface area contributed by atoms with Crippen LogP contribution in [0.4, 0.5) is 0 Å². The molecule has 7 nitrogen and oxygen atoms in total. The van der Waals surface area contributed by atoms with E-state index in [0.717, 1.165) is 39.0 Å². The number of hydrogen-bond donors (Lipinski definition) is 1. The maximum atomic E-state index is 13.7. The third kappa shape index (κ3) is 3.87. The number of carbonyl (C=O) groups is 1. The Hall–Kier alpha value is -4.41. The largest absolute Gasteiger partial charge is 0.341 e. The van der Waals surface area contributed by atoms with Crippen LogP contribution >= 0.6 is 11.6 Å². The zero-order valence-electron chi connectivity index (χ0n) is 20.1. The van der Waals surface area contributed by atoms with E-state index in [1.807, 2.05) is 43.3 Å². The normalized spacial score (nSPS) is 16.8. The maximum absolute atomic E-state index is 13.7. The standard InChI is InChI=1S/C29H23ClN6O/c1-19-7-10-26-23(13-19)24(15-31)27-11-12-29(16-36(26)27,20-5-3-2-4-6-20)34-28(37)22-9-8-21(14-25(22)30)35-17-32-33-18-35/h2-10,13-14,17-18H,11-12,16H2,1H3,(H,34,37)/t29-/m1/s1. The molecule has 8 heteroatoms. The molecule has 0 saturated carbocycles. The lowest BCUT2D eigenvalue weighted by Crippen LogP contribution is -2.51. The number of amides is 1. The SMILES string of the molecule is Cc1ccc2c(c1)c(C#N)c1n2C[C@@](NC(=O)c2ccc(-n3cnnc3)cc2Cl)(c2ccccc2)CC1. The predicted molar refractivity (Wildman–Crippen MR) is 142 cm³/mol. The number of nitrogens with zero attached hydrogens (tertiary/aromatic N) is 5. The van der Waals surface area contributed by atoms with Gasteiger partial charge in [0.25, 0.3) is 5.91 Å². The van der Waals surface area contributed by atoms with E-state index in [1.165, 1.54) is 0 Å². The molecule has 6 rings (SSSR count). The summed E-state index contributed by atoms with van der Waals surface area (Å²) in [6, 6.07) is 23.9. The molecule has 2 aromatic heterocycles. The number of carbonyl (C=O) groups excluding carboxylic acids is 1. The fourth-order valence-electron chi connectivity index (χ4n) is 5.40. The van der Waals surface area contributed by atoms with Crippen molar-refractivity contribution in [3.8, 4) is 11.8 Å². The van der Waals surface area contributed by atoms with Crippen LogP contribution in [0.3, 0.4) is 0 Å². The Bertz CT molecular complexity index is 1680. The van der Waals surface area contributed by atoms with Crippen molar-refractivity contribution in [1.82, 2.24) is 24.6 Å². The van der Waals surface area contributed by atoms with E-state index in [1.54, 1.807) is 29.4 Å². The average Bonchev–Trinajstić information content (AvgIpc) is 3.55. The second kappa shape index (κ2) is 8.91. The zero-order chi connectivity index (χ0) is 25.6. The molecule has 3 aromatic carbocycles. The van der Waals surface area contributed by atoms with E-state index in [-0.39, 0.29) is 5.91 Å². The molecule has 3 heterocycles. The Balaban J connectivity index is 1.42. The summed E-state index contributed by atoms with van der Waals surface area (Å²) in [4.78, 5) is 13.7. The molecule has 0 bridgehead atoms. The third-order valence-corrected chi connectivity index (χ3v) is 7.56. The number of nitriles is 1. The molecular weight excluding hydrogens is 484 g/mol. The molecule has 1 N–H and O–H groups in total. The summed E-state index contributed by atoms with van der Waals surface area (Å²) in [5.74, 6) is -0.250. The van der Waals surface area contributed by atoms with E-state index >= 15 is 0 Å². The van der Waals surface area contributed by atoms with E-state index in [0.29, 0.717) is 30.0 Å². The van der Waals surface area contributed by atoms with Gasteiger partial charge in [0, 0.05) is 22.3 Å². The number of benzene rings is 3. The van der Waals surface area contributed by atoms with E-state index in [4.69, 9.17) is 11.6 Å². The van der Waals surface area contributed by atoms with Crippen LogP contribution in [-0.4, -0.2) is 25.2 Å². The summed E-state index contributed by atoms with van der Waals surface area (Å²) in [6.45, 7) is 2.54. The fraction of sp³-hybridized carbons (Fsp3) is 0.172. The van der Waals surface area contributed by atoms with Gasteiger partial charge in [-0.1, -0.05) is 53.6 Å². The molecule has 0 fully saturated rings. The highest BCUT2D eigenvalue weighted by molar-refractivity contribution is 6.34. The van der Waals surface area contributed by atoms with Gasteiger partial charge in [-0.25, -0.2) is 0 Å². The van der Waals surface area contributed by atoms with Crippen LogP contribution in [-0.2, 0) is 18.5 Å². The van der Waals surface area contributed by atoms with Crippen LogP contribution in [0, 0.1) is 18.3 Å². The lowest BCUT2D eigenvalue weighted by atomic mass is 9.81. The van der Waals surface area contributed by atoms with Crippen molar-refractivity contribution >= 4 is 28.4 Å². The molecule has 1 atom stereocenters. The van der Waals surface area contributed by atoms with Crippen LogP contribution in [0.15, 0.2) is 79.4 Å². The van der Waals surface area contributed by atoms with Gasteiger partial charge < -0.3 is 9.88 Å². The van der Waals surface area contributed by atoms with Crippen molar-refractivity contribution in [2.45, 2.75) is 31.8 Å². The number of aryl methyl sites for hydroxylation is 1. The van der Waals surface area contributed by atoms with Crippen LogP contribution in [0.5, 0.6) is 0 Å². The first-order valence-corrected chi connectivity index (χ1v) is 12.4. The second-order valence-corrected chi connectivity index (χ2v) is 9.88. The van der Waals surface area contributed by atoms with Crippen LogP contribution in [0.2, 0.25) is 5.02 Å². The minimum absolute atomic E-state index is 0.250. The topological polar surface area (TPSA) is 88.5 Å². The van der Waals surface area contributed by atoms with Crippen molar-refractivity contribution in [2.24, 2.45) is 0 Å². The summed E-state index contributed by atoms with van der Waals surface area (Å²) in [7, 11) is 0. The van der Waals surface area contributed by atoms with Gasteiger partial charge in [0.15, 0.2) is 0 Å². The number of aromatic nitrogens is 4. The predicted octanol–water partition coefficient (Wildman–Crippen LogP) is 5.33. The number of hydrogen-bond acceptors (Lipinski definition) is 4. The summed E-state index contributed by atoms with van der Waals surface area (Å²) in [5, 5.41) is 22.3. The van der Waals surface area contributed by atoms with Crippen molar-refractivity contribution in [3.05, 3.63) is 112 Å². The molecular formula is C29H23ClN6O. The smallest absolute Gasteiger partial charge is 0.253 e. The quantitative estimate of drug-likeness (QED) is 0.357. The zero-order valence-corrected chi connectivity index (χ0v) is 20.9. The Labute approximate surface area is 218 Å². The molecule has 1 amide bonds. The molecule has 0 aliphatic carbocycles. The van der Waals surface area contributed by atoms with Crippen LogP contribution < -0.4 is 5.32 Å². The van der Waals surface area contributed by atoms with E-state index < -0.39 is 5.54 Å². The van der Waals surface area contributed by atoms with Crippen molar-refractivity contribution < 1.29 is 4.79 Å². The van der Waals surface area contributed by atoms with Gasteiger partial charge in [-0.05, 0) is 55.7 Å². The monoisotopic (exact) mass is 506 g/mol. The van der Waals surface area contributed by atoms with Crippen molar-refractivity contribution in [3.63, 3.8) is 0 Å². The lowest BCUT2D eigenvalue weighted by Gasteiger charge is -2.40. The summed E-state index contributed by atoms with van der Waals surface area (Å²) < 4.78 is 3.92. The maximum Gasteiger partial charge on any atom is 0.253 e. The van der Waals surface area contributed by atoms with Gasteiger partial charge in [-0.3, -0.25) is 9.36 Å². The molecule has 0 saturated heterocycles. The Kier molecular flexibility index (Phi) is 5.54. The van der Waals surface area contributed by atoms with Gasteiger partial charge in [-0.15, -0.1) is 10.2 Å². The Morgan fingerprint density at radius 1 is 1.08 bits per heavy atom. The molecule has 0 radical (unpaired) electrons. The highest BCUT2D eigenvalue weighted by Crippen LogP contribution is 2.39. The molecule has 0 unspecified atom stereocenters. The minimum Gasteiger partial charge on any atom is -0.341 e. The third-order valence-electron chi connectivity index (χ3n) is 7.25. The number of nitrogens with one attached hydrogen (secondary N) is 1. The number of halogens is 1. The lowest BCUT2D eigenvalue weighted by molar-refractivity contribution is 0.0868. The summed E-state index contributed by atoms with van der Waals surface area (Å²) in [5.41, 5.74) is 5.35. The average molecular weight is 507 g/mol. The van der Waals surface area contributed by atoms with Crippen LogP contribution in [0.1, 0.15) is 39.2 Å². The molecule has 0 spiro atoms. The van der Waals surface area contributed by atoms with E-state index in [9.17, 15) is 10.1 Å². The first-order valence-electron chi connectivity index (χ1n) is 12.0. The number of rotatable bonds is 4. The first-order chi connectivity index (χ1) is 18.0. The van der Waals surface area contributed by atoms with Gasteiger partial charge >= 0.3 is 0 Å². The summed E-state index contributed by atoms with van der Waals surface area (Å²) >= 11 is 6.59. The van der Waals surface area contributed by atoms with Gasteiger partial charge in [0.2, 0.25) is 0 Å². The number of fused-ring (bicyclic) bond motifs is 3. The van der Waals surface area contributed by atoms with Crippen molar-refractivity contribution in [2.75, 3.05) is 0 Å². The first kappa shape index (κ1) is 23.0. The van der Waals surface area contributed by atoms with Crippen LogP contribution in [0.25, 0.3) is 16.6 Å². The molecule has 1 aliphatic heterocycles. The molecule has 37 heavy (non-hydrogen) atoms. The molecule has 1 aliphatic rings. The second-order valence-electron chi connectivity index (χ2n) is 9.48. The molecule has 5 aromatic rings. The Morgan fingerprint density at radius 3 is 2.59 bits per heavy atom. The summed E-state index contributed by atoms with van der Waals surface area (Å²) in [6.07, 6.45) is 4.47. The Morgan fingerprint density at radius 2 is 1.86 bits per heavy atom. The highest BCUT2D eigenvalue weighted by atomic mass is 35.5.